The van der Waals surface area contributed by atoms with Crippen molar-refractivity contribution in [3.8, 4) is 0 Å². The molecule has 1 N–H and O–H groups in total. The maximum absolute atomic E-state index is 12.6. The van der Waals surface area contributed by atoms with Crippen LogP contribution in [0.5, 0.6) is 0 Å². The Morgan fingerprint density at radius 3 is 2.67 bits per heavy atom. The summed E-state index contributed by atoms with van der Waals surface area (Å²) in [6.45, 7) is 3.88. The van der Waals surface area contributed by atoms with E-state index in [0.29, 0.717) is 0 Å². The fourth-order valence-electron chi connectivity index (χ4n) is 3.11. The summed E-state index contributed by atoms with van der Waals surface area (Å²) in [5, 5.41) is 3.43. The highest BCUT2D eigenvalue weighted by atomic mass is 16.2. The largest absolute Gasteiger partial charge is 0.325 e. The number of likely N-dealkylation sites (N-methyl/N-ethyl adjacent to an activating group) is 1. The van der Waals surface area contributed by atoms with E-state index >= 15 is 0 Å². The SMILES string of the molecule is CC1NC(Cc2ccccc2)C(=O)N1CCN(C)C1CC1. The molecule has 2 atom stereocenters. The molecule has 2 unspecified atom stereocenters. The molecule has 1 aromatic carbocycles. The van der Waals surface area contributed by atoms with Crippen molar-refractivity contribution in [2.75, 3.05) is 20.1 Å². The maximum atomic E-state index is 12.6. The van der Waals surface area contributed by atoms with E-state index in [0.717, 1.165) is 25.6 Å². The summed E-state index contributed by atoms with van der Waals surface area (Å²) < 4.78 is 0. The van der Waals surface area contributed by atoms with Crippen molar-refractivity contribution < 1.29 is 4.79 Å². The molecule has 1 aromatic rings. The van der Waals surface area contributed by atoms with Gasteiger partial charge in [-0.05, 0) is 38.8 Å². The van der Waals surface area contributed by atoms with Gasteiger partial charge in [0, 0.05) is 19.1 Å². The zero-order valence-electron chi connectivity index (χ0n) is 13.0. The first-order valence-electron chi connectivity index (χ1n) is 7.96. The Morgan fingerprint density at radius 1 is 1.29 bits per heavy atom. The van der Waals surface area contributed by atoms with Crippen molar-refractivity contribution in [3.63, 3.8) is 0 Å². The molecule has 0 aromatic heterocycles. The summed E-state index contributed by atoms with van der Waals surface area (Å²) in [6.07, 6.45) is 3.54. The summed E-state index contributed by atoms with van der Waals surface area (Å²) in [5.41, 5.74) is 1.22. The van der Waals surface area contributed by atoms with Gasteiger partial charge in [-0.25, -0.2) is 0 Å². The molecule has 2 aliphatic rings. The van der Waals surface area contributed by atoms with Crippen molar-refractivity contribution in [3.05, 3.63) is 35.9 Å². The number of rotatable bonds is 6. The van der Waals surface area contributed by atoms with Crippen LogP contribution >= 0.6 is 0 Å². The highest BCUT2D eigenvalue weighted by Gasteiger charge is 2.36. The lowest BCUT2D eigenvalue weighted by atomic mass is 10.1. The summed E-state index contributed by atoms with van der Waals surface area (Å²) >= 11 is 0. The molecule has 1 amide bonds. The third-order valence-corrected chi connectivity index (χ3v) is 4.64. The Hall–Kier alpha value is -1.39. The van der Waals surface area contributed by atoms with E-state index in [4.69, 9.17) is 0 Å². The van der Waals surface area contributed by atoms with Crippen LogP contribution in [0.4, 0.5) is 0 Å². The van der Waals surface area contributed by atoms with Gasteiger partial charge in [0.25, 0.3) is 0 Å². The second-order valence-corrected chi connectivity index (χ2v) is 6.33. The lowest BCUT2D eigenvalue weighted by Gasteiger charge is -2.24. The van der Waals surface area contributed by atoms with Crippen molar-refractivity contribution in [2.45, 2.75) is 44.4 Å². The smallest absolute Gasteiger partial charge is 0.241 e. The first-order valence-corrected chi connectivity index (χ1v) is 7.96. The van der Waals surface area contributed by atoms with Gasteiger partial charge in [0.1, 0.15) is 0 Å². The minimum atomic E-state index is -0.0753. The molecule has 1 saturated carbocycles. The van der Waals surface area contributed by atoms with Gasteiger partial charge < -0.3 is 9.80 Å². The highest BCUT2D eigenvalue weighted by Crippen LogP contribution is 2.25. The molecule has 1 aliphatic heterocycles. The Bertz CT molecular complexity index is 486. The molecule has 3 rings (SSSR count). The molecular weight excluding hydrogens is 262 g/mol. The lowest BCUT2D eigenvalue weighted by Crippen LogP contribution is -2.40. The van der Waals surface area contributed by atoms with Crippen molar-refractivity contribution in [1.82, 2.24) is 15.1 Å². The van der Waals surface area contributed by atoms with Crippen LogP contribution in [-0.4, -0.2) is 54.1 Å². The number of benzene rings is 1. The van der Waals surface area contributed by atoms with Crippen LogP contribution < -0.4 is 5.32 Å². The number of nitrogens with zero attached hydrogens (tertiary/aromatic N) is 2. The lowest BCUT2D eigenvalue weighted by molar-refractivity contribution is -0.130. The van der Waals surface area contributed by atoms with Gasteiger partial charge in [-0.3, -0.25) is 10.1 Å². The van der Waals surface area contributed by atoms with E-state index in [2.05, 4.69) is 36.3 Å². The molecule has 114 valence electrons. The van der Waals surface area contributed by atoms with Crippen molar-refractivity contribution in [1.29, 1.82) is 0 Å². The second-order valence-electron chi connectivity index (χ2n) is 6.33. The zero-order valence-corrected chi connectivity index (χ0v) is 13.0. The maximum Gasteiger partial charge on any atom is 0.241 e. The predicted octanol–water partition coefficient (Wildman–Crippen LogP) is 1.47. The van der Waals surface area contributed by atoms with Crippen LogP contribution in [0.25, 0.3) is 0 Å². The van der Waals surface area contributed by atoms with Gasteiger partial charge in [-0.2, -0.15) is 0 Å². The van der Waals surface area contributed by atoms with Gasteiger partial charge in [0.05, 0.1) is 12.2 Å². The summed E-state index contributed by atoms with van der Waals surface area (Å²) in [7, 11) is 2.16. The Labute approximate surface area is 127 Å². The van der Waals surface area contributed by atoms with E-state index in [-0.39, 0.29) is 18.1 Å². The number of hydrogen-bond acceptors (Lipinski definition) is 3. The molecule has 21 heavy (non-hydrogen) atoms. The van der Waals surface area contributed by atoms with E-state index in [1.807, 2.05) is 23.1 Å². The summed E-state index contributed by atoms with van der Waals surface area (Å²) in [5.74, 6) is 0.246. The third kappa shape index (κ3) is 3.44. The molecule has 0 bridgehead atoms. The number of hydrogen-bond donors (Lipinski definition) is 1. The van der Waals surface area contributed by atoms with Gasteiger partial charge in [0.15, 0.2) is 0 Å². The van der Waals surface area contributed by atoms with Gasteiger partial charge in [-0.1, -0.05) is 30.3 Å². The quantitative estimate of drug-likeness (QED) is 0.860. The van der Waals surface area contributed by atoms with E-state index in [1.165, 1.54) is 18.4 Å². The Morgan fingerprint density at radius 2 is 2.00 bits per heavy atom. The van der Waals surface area contributed by atoms with E-state index in [9.17, 15) is 4.79 Å². The molecule has 4 nitrogen and oxygen atoms in total. The Kier molecular flexibility index (Phi) is 4.27. The molecule has 4 heteroatoms. The van der Waals surface area contributed by atoms with Gasteiger partial charge >= 0.3 is 0 Å². The molecule has 1 saturated heterocycles. The highest BCUT2D eigenvalue weighted by molar-refractivity contribution is 5.84. The second kappa shape index (κ2) is 6.16. The molecule has 1 heterocycles. The third-order valence-electron chi connectivity index (χ3n) is 4.64. The average Bonchev–Trinajstić information content (AvgIpc) is 3.28. The minimum absolute atomic E-state index is 0.0753. The van der Waals surface area contributed by atoms with Crippen LogP contribution in [0, 0.1) is 0 Å². The van der Waals surface area contributed by atoms with E-state index in [1.54, 1.807) is 0 Å². The molecule has 0 radical (unpaired) electrons. The fourth-order valence-corrected chi connectivity index (χ4v) is 3.11. The number of carbonyl (C=O) groups is 1. The molecule has 1 aliphatic carbocycles. The monoisotopic (exact) mass is 287 g/mol. The molecule has 2 fully saturated rings. The van der Waals surface area contributed by atoms with Crippen LogP contribution in [0.3, 0.4) is 0 Å². The van der Waals surface area contributed by atoms with Gasteiger partial charge in [-0.15, -0.1) is 0 Å². The van der Waals surface area contributed by atoms with Crippen LogP contribution in [0.2, 0.25) is 0 Å². The fraction of sp³-hybridized carbons (Fsp3) is 0.588. The summed E-state index contributed by atoms with van der Waals surface area (Å²) in [4.78, 5) is 16.9. The van der Waals surface area contributed by atoms with Crippen molar-refractivity contribution in [2.24, 2.45) is 0 Å². The first kappa shape index (κ1) is 14.5. The van der Waals surface area contributed by atoms with Crippen LogP contribution in [0.1, 0.15) is 25.3 Å². The number of carbonyl (C=O) groups excluding carboxylic acids is 1. The topological polar surface area (TPSA) is 35.6 Å². The number of amides is 1. The number of nitrogens with one attached hydrogen (secondary N) is 1. The first-order chi connectivity index (χ1) is 10.1. The standard InChI is InChI=1S/C17H25N3O/c1-13-18-16(12-14-6-4-3-5-7-14)17(21)20(13)11-10-19(2)15-8-9-15/h3-7,13,15-16,18H,8-12H2,1-2H3. The van der Waals surface area contributed by atoms with E-state index < -0.39 is 0 Å². The zero-order chi connectivity index (χ0) is 14.8. The Balaban J connectivity index is 1.55. The van der Waals surface area contributed by atoms with Gasteiger partial charge in [0.2, 0.25) is 5.91 Å². The normalized spacial score (nSPS) is 25.9. The van der Waals surface area contributed by atoms with Crippen LogP contribution in [-0.2, 0) is 11.2 Å². The molecular formula is C17H25N3O. The van der Waals surface area contributed by atoms with Crippen molar-refractivity contribution >= 4 is 5.91 Å². The average molecular weight is 287 g/mol. The summed E-state index contributed by atoms with van der Waals surface area (Å²) in [6, 6.07) is 10.9. The minimum Gasteiger partial charge on any atom is -0.325 e. The van der Waals surface area contributed by atoms with Crippen LogP contribution in [0.15, 0.2) is 30.3 Å². The predicted molar refractivity (Wildman–Crippen MR) is 83.9 cm³/mol. The molecule has 0 spiro atoms.